The highest BCUT2D eigenvalue weighted by molar-refractivity contribution is 6.42. The Bertz CT molecular complexity index is 376. The van der Waals surface area contributed by atoms with Crippen LogP contribution in [0.25, 0.3) is 0 Å². The van der Waals surface area contributed by atoms with E-state index in [1.165, 1.54) is 0 Å². The maximum atomic E-state index is 11.6. The molecule has 0 N–H and O–H groups in total. The molecule has 1 unspecified atom stereocenters. The van der Waals surface area contributed by atoms with Crippen LogP contribution in [0, 0.1) is 0 Å². The van der Waals surface area contributed by atoms with Gasteiger partial charge in [-0.3, -0.25) is 19.2 Å². The smallest absolute Gasteiger partial charge is 0.561 e. The highest BCUT2D eigenvalue weighted by atomic mass is 27.3. The monoisotopic (exact) mass is 330 g/mol. The van der Waals surface area contributed by atoms with Gasteiger partial charge in [0, 0.05) is 18.9 Å². The highest BCUT2D eigenvalue weighted by Gasteiger charge is 2.44. The summed E-state index contributed by atoms with van der Waals surface area (Å²) >= 11 is -3.07. The summed E-state index contributed by atoms with van der Waals surface area (Å²) in [6, 6.07) is 0. The molecule has 0 aromatic carbocycles. The first-order valence-corrected chi connectivity index (χ1v) is 8.81. The van der Waals surface area contributed by atoms with Crippen LogP contribution in [0.15, 0.2) is 0 Å². The fourth-order valence-electron chi connectivity index (χ4n) is 1.24. The van der Waals surface area contributed by atoms with E-state index in [4.69, 9.17) is 11.4 Å². The van der Waals surface area contributed by atoms with Crippen LogP contribution in [0.5, 0.6) is 0 Å². The Hall–Kier alpha value is -1.23. The van der Waals surface area contributed by atoms with Crippen LogP contribution in [-0.2, 0) is 30.5 Å². The number of hydrogen-bond donors (Lipinski definition) is 0. The fraction of sp³-hybridized carbons (Fsp3) is 0.714. The first kappa shape index (κ1) is 20.8. The van der Waals surface area contributed by atoms with Crippen molar-refractivity contribution in [2.24, 2.45) is 0 Å². The highest BCUT2D eigenvalue weighted by Crippen LogP contribution is 2.06. The van der Waals surface area contributed by atoms with Gasteiger partial charge in [-0.05, 0) is 13.3 Å². The van der Waals surface area contributed by atoms with Gasteiger partial charge in [0.1, 0.15) is 24.4 Å². The van der Waals surface area contributed by atoms with Crippen LogP contribution in [0.2, 0.25) is 0 Å². The molecule has 0 saturated carbocycles. The summed E-state index contributed by atoms with van der Waals surface area (Å²) in [6.07, 6.45) is 0.0581. The average Bonchev–Trinajstić information content (AvgIpc) is 2.46. The lowest BCUT2D eigenvalue weighted by Gasteiger charge is -2.16. The standard InChI is InChI=1S/2C5H8O3.C4H9O.Al/c2*1-2-4(6)3-5(7)8;1-3-4(2)5;/h2*2-3H2,1H3,(H,7,8);4H,3H2,1-2H3;/q;;-1;+3/p-2. The second-order valence-electron chi connectivity index (χ2n) is 4.76. The molecule has 0 saturated heterocycles. The molecule has 0 aromatic rings. The molecule has 1 atom stereocenters. The fourth-order valence-corrected chi connectivity index (χ4v) is 2.56. The van der Waals surface area contributed by atoms with Gasteiger partial charge >= 0.3 is 15.1 Å². The number of carbonyl (C=O) groups excluding carboxylic acids is 4. The van der Waals surface area contributed by atoms with Gasteiger partial charge in [0.15, 0.2) is 0 Å². The summed E-state index contributed by atoms with van der Waals surface area (Å²) < 4.78 is 15.4. The lowest BCUT2D eigenvalue weighted by Crippen LogP contribution is -2.36. The van der Waals surface area contributed by atoms with Gasteiger partial charge in [0.05, 0.1) is 0 Å². The molecule has 0 heterocycles. The molecular weight excluding hydrogens is 307 g/mol. The van der Waals surface area contributed by atoms with Gasteiger partial charge in [-0.25, -0.2) is 0 Å². The van der Waals surface area contributed by atoms with E-state index in [1.807, 2.05) is 6.92 Å². The van der Waals surface area contributed by atoms with Crippen molar-refractivity contribution in [2.75, 3.05) is 0 Å². The zero-order valence-corrected chi connectivity index (χ0v) is 14.7. The Morgan fingerprint density at radius 1 is 0.864 bits per heavy atom. The van der Waals surface area contributed by atoms with Crippen LogP contribution in [0.3, 0.4) is 0 Å². The zero-order chi connectivity index (χ0) is 17.1. The van der Waals surface area contributed by atoms with E-state index < -0.39 is 27.1 Å². The van der Waals surface area contributed by atoms with E-state index in [0.717, 1.165) is 0 Å². The lowest BCUT2D eigenvalue weighted by molar-refractivity contribution is -0.145. The third kappa shape index (κ3) is 9.66. The second-order valence-corrected chi connectivity index (χ2v) is 6.08. The Labute approximate surface area is 135 Å². The molecule has 0 bridgehead atoms. The van der Waals surface area contributed by atoms with Gasteiger partial charge < -0.3 is 11.4 Å². The van der Waals surface area contributed by atoms with Crippen LogP contribution >= 0.6 is 0 Å². The summed E-state index contributed by atoms with van der Waals surface area (Å²) in [7, 11) is 0. The number of hydrogen-bond acceptors (Lipinski definition) is 7. The van der Waals surface area contributed by atoms with Crippen molar-refractivity contribution in [3.05, 3.63) is 0 Å². The SMILES string of the molecule is CCC(=O)CC(=O)[O][Al]([O]C(=O)CC(=O)CC)[O]C(C)CC. The van der Waals surface area contributed by atoms with Crippen molar-refractivity contribution < 1.29 is 30.5 Å². The van der Waals surface area contributed by atoms with E-state index in [-0.39, 0.29) is 43.4 Å². The number of Topliss-reactive ketones (excluding diaryl/α,β-unsaturated/α-hetero) is 2. The Balaban J connectivity index is 4.61. The van der Waals surface area contributed by atoms with Crippen LogP contribution < -0.4 is 0 Å². The van der Waals surface area contributed by atoms with E-state index in [9.17, 15) is 19.2 Å². The third-order valence-electron chi connectivity index (χ3n) is 2.85. The Morgan fingerprint density at radius 3 is 1.59 bits per heavy atom. The number of ketones is 2. The molecule has 0 amide bonds. The predicted octanol–water partition coefficient (Wildman–Crippen LogP) is 1.61. The lowest BCUT2D eigenvalue weighted by atomic mass is 10.2. The molecule has 22 heavy (non-hydrogen) atoms. The maximum absolute atomic E-state index is 11.6. The van der Waals surface area contributed by atoms with E-state index >= 15 is 0 Å². The minimum Gasteiger partial charge on any atom is -0.561 e. The zero-order valence-electron chi connectivity index (χ0n) is 13.5. The molecule has 0 radical (unpaired) electrons. The van der Waals surface area contributed by atoms with Crippen molar-refractivity contribution in [1.82, 2.24) is 0 Å². The van der Waals surface area contributed by atoms with Crippen LogP contribution in [0.4, 0.5) is 0 Å². The van der Waals surface area contributed by atoms with Gasteiger partial charge in [-0.2, -0.15) is 0 Å². The summed E-state index contributed by atoms with van der Waals surface area (Å²) in [5, 5.41) is 0. The molecular formula is C14H23AlO7. The first-order valence-electron chi connectivity index (χ1n) is 7.40. The van der Waals surface area contributed by atoms with Crippen molar-refractivity contribution in [1.29, 1.82) is 0 Å². The maximum Gasteiger partial charge on any atom is 1.10 e. The minimum atomic E-state index is -3.07. The molecule has 0 aliphatic carbocycles. The second kappa shape index (κ2) is 11.4. The molecule has 124 valence electrons. The van der Waals surface area contributed by atoms with Crippen molar-refractivity contribution >= 4 is 38.7 Å². The van der Waals surface area contributed by atoms with Crippen LogP contribution in [0.1, 0.15) is 59.8 Å². The quantitative estimate of drug-likeness (QED) is 0.419. The number of rotatable bonds is 11. The summed E-state index contributed by atoms with van der Waals surface area (Å²) in [5.74, 6) is -2.09. The van der Waals surface area contributed by atoms with E-state index in [0.29, 0.717) is 6.42 Å². The third-order valence-corrected chi connectivity index (χ3v) is 4.44. The average molecular weight is 330 g/mol. The number of carbonyl (C=O) groups is 4. The van der Waals surface area contributed by atoms with Gasteiger partial charge in [0.25, 0.3) is 11.9 Å². The molecule has 0 aromatic heterocycles. The summed E-state index contributed by atoms with van der Waals surface area (Å²) in [5.41, 5.74) is 0. The first-order chi connectivity index (χ1) is 10.3. The van der Waals surface area contributed by atoms with Gasteiger partial charge in [-0.15, -0.1) is 0 Å². The summed E-state index contributed by atoms with van der Waals surface area (Å²) in [6.45, 7) is 6.88. The van der Waals surface area contributed by atoms with Gasteiger partial charge in [-0.1, -0.05) is 20.8 Å². The Kier molecular flexibility index (Phi) is 10.7. The molecule has 0 rings (SSSR count). The molecule has 7 nitrogen and oxygen atoms in total. The minimum absolute atomic E-state index is 0.221. The summed E-state index contributed by atoms with van der Waals surface area (Å²) in [4.78, 5) is 45.6. The largest absolute Gasteiger partial charge is 1.10 e. The topological polar surface area (TPSA) is 96.0 Å². The predicted molar refractivity (Wildman–Crippen MR) is 78.6 cm³/mol. The Morgan fingerprint density at radius 2 is 1.27 bits per heavy atom. The van der Waals surface area contributed by atoms with Crippen LogP contribution in [-0.4, -0.2) is 44.8 Å². The van der Waals surface area contributed by atoms with Crippen molar-refractivity contribution in [3.8, 4) is 0 Å². The van der Waals surface area contributed by atoms with Crippen molar-refractivity contribution in [3.63, 3.8) is 0 Å². The molecule has 0 spiro atoms. The normalized spacial score (nSPS) is 11.5. The molecule has 0 aliphatic heterocycles. The molecule has 8 heteroatoms. The van der Waals surface area contributed by atoms with Crippen molar-refractivity contribution in [2.45, 2.75) is 65.9 Å². The van der Waals surface area contributed by atoms with Gasteiger partial charge in [0.2, 0.25) is 0 Å². The van der Waals surface area contributed by atoms with E-state index in [2.05, 4.69) is 0 Å². The molecule has 0 aliphatic rings. The van der Waals surface area contributed by atoms with E-state index in [1.54, 1.807) is 20.8 Å². The molecule has 0 fully saturated rings.